The smallest absolute Gasteiger partial charge is 0.271 e. The largest absolute Gasteiger partial charge is 0.495 e. The van der Waals surface area contributed by atoms with E-state index in [0.717, 1.165) is 30.5 Å². The van der Waals surface area contributed by atoms with Crippen molar-refractivity contribution in [1.82, 2.24) is 0 Å². The van der Waals surface area contributed by atoms with Gasteiger partial charge in [-0.3, -0.25) is 19.2 Å². The zero-order valence-corrected chi connectivity index (χ0v) is 15.2. The summed E-state index contributed by atoms with van der Waals surface area (Å²) in [6, 6.07) is 8.29. The molecule has 144 valence electrons. The second-order valence-electron chi connectivity index (χ2n) is 5.44. The molecule has 0 aliphatic heterocycles. The number of hydrogen-bond donors (Lipinski definition) is 1. The first-order valence-corrected chi connectivity index (χ1v) is 9.32. The second-order valence-corrected chi connectivity index (χ2v) is 7.34. The molecule has 0 aromatic heterocycles. The minimum Gasteiger partial charge on any atom is -0.495 e. The van der Waals surface area contributed by atoms with Crippen molar-refractivity contribution < 1.29 is 27.3 Å². The first kappa shape index (κ1) is 20.1. The number of benzene rings is 2. The number of sulfonamides is 1. The molecule has 0 spiro atoms. The minimum absolute atomic E-state index is 0.0422. The number of anilines is 2. The highest BCUT2D eigenvalue weighted by Crippen LogP contribution is 2.33. The quantitative estimate of drug-likeness (QED) is 0.565. The molecule has 0 fully saturated rings. The lowest BCUT2D eigenvalue weighted by Gasteiger charge is -2.23. The van der Waals surface area contributed by atoms with Gasteiger partial charge in [-0.2, -0.15) is 0 Å². The van der Waals surface area contributed by atoms with Gasteiger partial charge < -0.3 is 10.1 Å². The molecule has 1 amide bonds. The summed E-state index contributed by atoms with van der Waals surface area (Å²) in [5.74, 6) is -1.17. The predicted octanol–water partition coefficient (Wildman–Crippen LogP) is 2.15. The van der Waals surface area contributed by atoms with Gasteiger partial charge in [0, 0.05) is 17.8 Å². The zero-order chi connectivity index (χ0) is 20.2. The number of carbonyl (C=O) groups is 1. The van der Waals surface area contributed by atoms with E-state index in [1.807, 2.05) is 0 Å². The SMILES string of the molecule is COc1ccc([N+](=O)[O-])cc1N(CC(=O)Nc1ccc(F)cc1)S(C)(=O)=O. The number of halogens is 1. The van der Waals surface area contributed by atoms with Crippen LogP contribution in [0.3, 0.4) is 0 Å². The number of rotatable bonds is 7. The number of methoxy groups -OCH3 is 1. The second kappa shape index (κ2) is 7.99. The van der Waals surface area contributed by atoms with Gasteiger partial charge in [0.05, 0.1) is 18.3 Å². The maximum absolute atomic E-state index is 12.9. The van der Waals surface area contributed by atoms with E-state index in [9.17, 15) is 27.7 Å². The summed E-state index contributed by atoms with van der Waals surface area (Å²) in [6.45, 7) is -0.659. The van der Waals surface area contributed by atoms with Gasteiger partial charge in [-0.25, -0.2) is 12.8 Å². The van der Waals surface area contributed by atoms with Crippen LogP contribution in [0, 0.1) is 15.9 Å². The van der Waals surface area contributed by atoms with Crippen LogP contribution in [0.25, 0.3) is 0 Å². The van der Waals surface area contributed by atoms with Gasteiger partial charge >= 0.3 is 0 Å². The molecule has 0 heterocycles. The van der Waals surface area contributed by atoms with Crippen molar-refractivity contribution in [2.24, 2.45) is 0 Å². The predicted molar refractivity (Wildman–Crippen MR) is 96.9 cm³/mol. The molecule has 9 nitrogen and oxygen atoms in total. The summed E-state index contributed by atoms with van der Waals surface area (Å²) in [7, 11) is -2.71. The summed E-state index contributed by atoms with van der Waals surface area (Å²) >= 11 is 0. The van der Waals surface area contributed by atoms with Crippen molar-refractivity contribution in [3.63, 3.8) is 0 Å². The highest BCUT2D eigenvalue weighted by atomic mass is 32.2. The molecule has 0 bridgehead atoms. The van der Waals surface area contributed by atoms with E-state index < -0.39 is 33.2 Å². The van der Waals surface area contributed by atoms with Crippen LogP contribution in [0.2, 0.25) is 0 Å². The van der Waals surface area contributed by atoms with Crippen molar-refractivity contribution in [2.45, 2.75) is 0 Å². The fourth-order valence-electron chi connectivity index (χ4n) is 2.23. The molecule has 0 saturated heterocycles. The minimum atomic E-state index is -3.98. The van der Waals surface area contributed by atoms with Crippen LogP contribution in [0.15, 0.2) is 42.5 Å². The van der Waals surface area contributed by atoms with Gasteiger partial charge in [0.2, 0.25) is 15.9 Å². The highest BCUT2D eigenvalue weighted by Gasteiger charge is 2.26. The van der Waals surface area contributed by atoms with E-state index >= 15 is 0 Å². The Kier molecular flexibility index (Phi) is 5.95. The number of nitro benzene ring substituents is 1. The number of amides is 1. The van der Waals surface area contributed by atoms with Gasteiger partial charge in [-0.1, -0.05) is 0 Å². The Hall–Kier alpha value is -3.21. The molecular formula is C16H16FN3O6S. The summed E-state index contributed by atoms with van der Waals surface area (Å²) in [5.41, 5.74) is -0.247. The lowest BCUT2D eigenvalue weighted by molar-refractivity contribution is -0.384. The van der Waals surface area contributed by atoms with Gasteiger partial charge in [-0.15, -0.1) is 0 Å². The maximum atomic E-state index is 12.9. The Labute approximate surface area is 154 Å². The van der Waals surface area contributed by atoms with E-state index in [-0.39, 0.29) is 22.8 Å². The third-order valence-corrected chi connectivity index (χ3v) is 4.58. The lowest BCUT2D eigenvalue weighted by Crippen LogP contribution is -2.37. The Balaban J connectivity index is 2.36. The van der Waals surface area contributed by atoms with Crippen molar-refractivity contribution in [1.29, 1.82) is 0 Å². The molecule has 2 rings (SSSR count). The van der Waals surface area contributed by atoms with Crippen LogP contribution >= 0.6 is 0 Å². The van der Waals surface area contributed by atoms with E-state index in [4.69, 9.17) is 4.74 Å². The van der Waals surface area contributed by atoms with Crippen LogP contribution in [0.5, 0.6) is 5.75 Å². The van der Waals surface area contributed by atoms with Crippen LogP contribution < -0.4 is 14.4 Å². The van der Waals surface area contributed by atoms with E-state index in [2.05, 4.69) is 5.32 Å². The number of ether oxygens (including phenoxy) is 1. The van der Waals surface area contributed by atoms with Gasteiger partial charge in [0.1, 0.15) is 23.8 Å². The molecule has 0 aliphatic rings. The molecule has 1 N–H and O–H groups in total. The molecule has 2 aromatic rings. The monoisotopic (exact) mass is 397 g/mol. The Morgan fingerprint density at radius 3 is 2.41 bits per heavy atom. The Bertz CT molecular complexity index is 963. The van der Waals surface area contributed by atoms with Gasteiger partial charge in [0.15, 0.2) is 0 Å². The van der Waals surface area contributed by atoms with Crippen molar-refractivity contribution in [3.8, 4) is 5.75 Å². The number of nitrogens with zero attached hydrogens (tertiary/aromatic N) is 2. The third kappa shape index (κ3) is 5.14. The molecule has 2 aromatic carbocycles. The van der Waals surface area contributed by atoms with Crippen LogP contribution in [-0.2, 0) is 14.8 Å². The Morgan fingerprint density at radius 2 is 1.89 bits per heavy atom. The summed E-state index contributed by atoms with van der Waals surface area (Å²) < 4.78 is 43.1. The van der Waals surface area contributed by atoms with Gasteiger partial charge in [-0.05, 0) is 30.3 Å². The average Bonchev–Trinajstić information content (AvgIpc) is 2.60. The fourth-order valence-corrected chi connectivity index (χ4v) is 3.08. The number of hydrogen-bond acceptors (Lipinski definition) is 6. The summed E-state index contributed by atoms with van der Waals surface area (Å²) in [6.07, 6.45) is 0.858. The number of non-ortho nitro benzene ring substituents is 1. The molecule has 0 saturated carbocycles. The molecule has 27 heavy (non-hydrogen) atoms. The standard InChI is InChI=1S/C16H16FN3O6S/c1-26-15-8-7-13(20(22)23)9-14(15)19(27(2,24)25)10-16(21)18-12-5-3-11(17)4-6-12/h3-9H,10H2,1-2H3,(H,18,21). The molecule has 0 atom stereocenters. The van der Waals surface area contributed by atoms with Crippen molar-refractivity contribution in [2.75, 3.05) is 29.5 Å². The van der Waals surface area contributed by atoms with Crippen LogP contribution in [-0.4, -0.2) is 39.2 Å². The van der Waals surface area contributed by atoms with E-state index in [0.29, 0.717) is 4.31 Å². The zero-order valence-electron chi connectivity index (χ0n) is 14.4. The topological polar surface area (TPSA) is 119 Å². The molecular weight excluding hydrogens is 381 g/mol. The number of nitro groups is 1. The van der Waals surface area contributed by atoms with Crippen LogP contribution in [0.4, 0.5) is 21.5 Å². The normalized spacial score (nSPS) is 10.9. The van der Waals surface area contributed by atoms with Crippen molar-refractivity contribution >= 4 is 33.0 Å². The summed E-state index contributed by atoms with van der Waals surface area (Å²) in [5, 5.41) is 13.4. The van der Waals surface area contributed by atoms with Crippen molar-refractivity contribution in [3.05, 3.63) is 58.4 Å². The molecule has 0 radical (unpaired) electrons. The Morgan fingerprint density at radius 1 is 1.26 bits per heavy atom. The lowest BCUT2D eigenvalue weighted by atomic mass is 10.2. The van der Waals surface area contributed by atoms with E-state index in [1.165, 1.54) is 25.3 Å². The van der Waals surface area contributed by atoms with Gasteiger partial charge in [0.25, 0.3) is 5.69 Å². The highest BCUT2D eigenvalue weighted by molar-refractivity contribution is 7.92. The van der Waals surface area contributed by atoms with E-state index in [1.54, 1.807) is 0 Å². The van der Waals surface area contributed by atoms with Crippen LogP contribution in [0.1, 0.15) is 0 Å². The number of carbonyl (C=O) groups excluding carboxylic acids is 1. The summed E-state index contributed by atoms with van der Waals surface area (Å²) in [4.78, 5) is 22.6. The first-order valence-electron chi connectivity index (χ1n) is 7.47. The number of nitrogens with one attached hydrogen (secondary N) is 1. The molecule has 11 heteroatoms. The third-order valence-electron chi connectivity index (χ3n) is 3.46. The molecule has 0 unspecified atom stereocenters. The maximum Gasteiger partial charge on any atom is 0.271 e. The first-order chi connectivity index (χ1) is 12.6. The fraction of sp³-hybridized carbons (Fsp3) is 0.188. The molecule has 0 aliphatic carbocycles. The average molecular weight is 397 g/mol.